The van der Waals surface area contributed by atoms with Gasteiger partial charge in [0.2, 0.25) is 17.7 Å². The van der Waals surface area contributed by atoms with Crippen LogP contribution < -0.4 is 63.1 Å². The molecule has 0 heterocycles. The number of ketones is 5. The molecule has 96 heavy (non-hydrogen) atoms. The van der Waals surface area contributed by atoms with Gasteiger partial charge < -0.3 is 63.1 Å². The zero-order valence-corrected chi connectivity index (χ0v) is 53.6. The van der Waals surface area contributed by atoms with Crippen LogP contribution in [0.2, 0.25) is 0 Å². The molecule has 4 amide bonds. The summed E-state index contributed by atoms with van der Waals surface area (Å²) in [4.78, 5) is 104. The minimum Gasteiger partial charge on any atom is -0.399 e. The molecule has 488 valence electrons. The Morgan fingerprint density at radius 3 is 1.16 bits per heavy atom. The number of carbonyl (C=O) groups excluding carboxylic acids is 9. The van der Waals surface area contributed by atoms with Crippen molar-refractivity contribution in [2.75, 3.05) is 40.1 Å². The average Bonchev–Trinajstić information content (AvgIpc) is 0.884. The molecule has 22 N–H and O–H groups in total. The van der Waals surface area contributed by atoms with Crippen molar-refractivity contribution < 1.29 is 43.2 Å². The number of anilines is 7. The number of benzene rings is 10. The SMILES string of the molecule is CC(=O)c1cc(Cc2ccc(N)c(C(N)=O)c2)ccc1N.CC(=O)c1cccc(-c2cc(N)cc(N)c2)c1.Cc1cc(N)cc(C(=O)Cc2ccc(C(N)=O)cc2)c1.Cc1cc(N)cc(C(=O)c2ccc(C(N)=O)cc2)c1.Cc1cc(N)cc(C(=O)c2cccc(C(N)=O)c2)c1. The third kappa shape index (κ3) is 21.0. The Hall–Kier alpha value is -13.0. The normalized spacial score (nSPS) is 10.2. The second kappa shape index (κ2) is 32.9. The van der Waals surface area contributed by atoms with Gasteiger partial charge in [0.1, 0.15) is 0 Å². The fourth-order valence-electron chi connectivity index (χ4n) is 9.81. The summed E-state index contributed by atoms with van der Waals surface area (Å²) in [6.07, 6.45) is 0.822. The van der Waals surface area contributed by atoms with E-state index in [1.807, 2.05) is 75.4 Å². The van der Waals surface area contributed by atoms with Gasteiger partial charge in [-0.25, -0.2) is 0 Å². The number of amides is 4. The number of nitrogen functional groups attached to an aromatic ring is 7. The molecule has 0 aliphatic heterocycles. The molecule has 0 spiro atoms. The number of carbonyl (C=O) groups is 9. The topological polar surface area (TPSA) is 440 Å². The van der Waals surface area contributed by atoms with E-state index in [1.165, 1.54) is 25.1 Å². The summed E-state index contributed by atoms with van der Waals surface area (Å²) in [5.74, 6) is -2.46. The van der Waals surface area contributed by atoms with Crippen molar-refractivity contribution in [3.8, 4) is 11.1 Å². The summed E-state index contributed by atoms with van der Waals surface area (Å²) in [7, 11) is 0. The van der Waals surface area contributed by atoms with E-state index in [0.717, 1.165) is 44.5 Å². The summed E-state index contributed by atoms with van der Waals surface area (Å²) >= 11 is 0. The highest BCUT2D eigenvalue weighted by Gasteiger charge is 2.16. The monoisotopic (exact) mass is 1290 g/mol. The van der Waals surface area contributed by atoms with E-state index in [1.54, 1.807) is 140 Å². The van der Waals surface area contributed by atoms with E-state index >= 15 is 0 Å². The summed E-state index contributed by atoms with van der Waals surface area (Å²) in [6.45, 7) is 8.67. The second-order valence-electron chi connectivity index (χ2n) is 22.6. The summed E-state index contributed by atoms with van der Waals surface area (Å²) in [6, 6.07) is 58.3. The Balaban J connectivity index is 0.000000190. The first-order valence-corrected chi connectivity index (χ1v) is 29.6. The van der Waals surface area contributed by atoms with Gasteiger partial charge in [0.25, 0.3) is 5.91 Å². The van der Waals surface area contributed by atoms with E-state index < -0.39 is 23.6 Å². The molecule has 10 aromatic rings. The van der Waals surface area contributed by atoms with Crippen LogP contribution >= 0.6 is 0 Å². The Morgan fingerprint density at radius 1 is 0.292 bits per heavy atom. The van der Waals surface area contributed by atoms with Crippen LogP contribution in [0.15, 0.2) is 206 Å². The Kier molecular flexibility index (Phi) is 24.7. The highest BCUT2D eigenvalue weighted by atomic mass is 16.2. The summed E-state index contributed by atoms with van der Waals surface area (Å²) in [5, 5.41) is 0. The van der Waals surface area contributed by atoms with Gasteiger partial charge in [-0.15, -0.1) is 0 Å². The smallest absolute Gasteiger partial charge is 0.250 e. The molecule has 20 heteroatoms. The second-order valence-corrected chi connectivity index (χ2v) is 22.6. The lowest BCUT2D eigenvalue weighted by atomic mass is 9.98. The maximum atomic E-state index is 12.3. The van der Waals surface area contributed by atoms with Crippen LogP contribution in [0.4, 0.5) is 39.8 Å². The molecule has 0 radical (unpaired) electrons. The van der Waals surface area contributed by atoms with Crippen LogP contribution in [0.5, 0.6) is 0 Å². The van der Waals surface area contributed by atoms with Gasteiger partial charge in [0, 0.05) is 102 Å². The first-order valence-electron chi connectivity index (χ1n) is 29.6. The van der Waals surface area contributed by atoms with Crippen molar-refractivity contribution >= 4 is 92.4 Å². The van der Waals surface area contributed by atoms with E-state index in [9.17, 15) is 43.2 Å². The van der Waals surface area contributed by atoms with Crippen LogP contribution in [-0.4, -0.2) is 52.5 Å². The van der Waals surface area contributed by atoms with Crippen molar-refractivity contribution in [3.63, 3.8) is 0 Å². The Labute approximate surface area is 555 Å². The maximum absolute atomic E-state index is 12.3. The lowest BCUT2D eigenvalue weighted by Crippen LogP contribution is -2.14. The van der Waals surface area contributed by atoms with Crippen molar-refractivity contribution in [2.45, 2.75) is 47.5 Å². The number of hydrogen-bond donors (Lipinski definition) is 11. The van der Waals surface area contributed by atoms with Crippen LogP contribution in [0.1, 0.15) is 152 Å². The number of Topliss-reactive ketones (excluding diaryl/α,β-unsaturated/α-hetero) is 3. The fraction of sp³-hybridized carbons (Fsp3) is 0.0921. The van der Waals surface area contributed by atoms with E-state index in [2.05, 4.69) is 0 Å². The molecule has 0 aliphatic rings. The lowest BCUT2D eigenvalue weighted by Gasteiger charge is -2.08. The van der Waals surface area contributed by atoms with Gasteiger partial charge >= 0.3 is 0 Å². The van der Waals surface area contributed by atoms with Crippen LogP contribution in [0.3, 0.4) is 0 Å². The number of rotatable bonds is 16. The van der Waals surface area contributed by atoms with Crippen molar-refractivity contribution in [1.29, 1.82) is 0 Å². The number of hydrogen-bond acceptors (Lipinski definition) is 16. The van der Waals surface area contributed by atoms with Gasteiger partial charge in [-0.1, -0.05) is 66.7 Å². The fourth-order valence-corrected chi connectivity index (χ4v) is 9.81. The zero-order valence-electron chi connectivity index (χ0n) is 53.6. The molecule has 0 bridgehead atoms. The van der Waals surface area contributed by atoms with Gasteiger partial charge in [-0.2, -0.15) is 0 Å². The molecular weight excluding hydrogens is 1210 g/mol. The highest BCUT2D eigenvalue weighted by molar-refractivity contribution is 6.11. The molecule has 0 atom stereocenters. The summed E-state index contributed by atoms with van der Waals surface area (Å²) in [5.41, 5.74) is 77.1. The van der Waals surface area contributed by atoms with Gasteiger partial charge in [0.05, 0.1) is 5.56 Å². The Morgan fingerprint density at radius 2 is 0.688 bits per heavy atom. The molecule has 0 saturated heterocycles. The number of primary amides is 4. The quantitative estimate of drug-likeness (QED) is 0.0316. The first kappa shape index (κ1) is 72.1. The molecule has 0 fully saturated rings. The van der Waals surface area contributed by atoms with Crippen molar-refractivity contribution in [2.24, 2.45) is 22.9 Å². The highest BCUT2D eigenvalue weighted by Crippen LogP contribution is 2.27. The van der Waals surface area contributed by atoms with E-state index in [4.69, 9.17) is 63.1 Å². The average molecular weight is 1290 g/mol. The molecule has 0 aliphatic carbocycles. The first-order chi connectivity index (χ1) is 45.3. The third-order valence-electron chi connectivity index (χ3n) is 14.5. The molecule has 0 unspecified atom stereocenters. The Bertz CT molecular complexity index is 4480. The van der Waals surface area contributed by atoms with Gasteiger partial charge in [-0.05, 0) is 225 Å². The third-order valence-corrected chi connectivity index (χ3v) is 14.5. The summed E-state index contributed by atoms with van der Waals surface area (Å²) < 4.78 is 0. The number of nitrogens with two attached hydrogens (primary N) is 11. The van der Waals surface area contributed by atoms with Crippen LogP contribution in [-0.2, 0) is 12.8 Å². The standard InChI is InChI=1S/C16H17N3O2.C16H16N2O2.2C15H14N2O2.C14H14N2O/c1-9(20)12-7-10(2-4-14(12)17)6-11-3-5-15(18)13(8-11)16(19)21;1-10-6-13(9-14(17)7-10)15(19)8-11-2-4-12(5-3-11)16(18)20;1-9-6-12(8-13(16)7-9)14(18)10-2-4-11(5-3-10)15(17)19;1-9-5-12(8-13(16)6-9)14(18)10-3-2-4-11(7-10)15(17)19;1-9(17)10-3-2-4-11(5-10)12-6-13(15)8-14(16)7-12/h2-5,7-8H,6,17-18H2,1H3,(H2,19,21);2-7,9H,8,17H2,1H3,(H2,18,20);2*2-8H,16H2,1H3,(H2,17,19);2-8H,15-16H2,1H3. The van der Waals surface area contributed by atoms with Crippen molar-refractivity contribution in [3.05, 3.63) is 301 Å². The molecule has 0 saturated carbocycles. The minimum absolute atomic E-state index is 0.00720. The maximum Gasteiger partial charge on any atom is 0.250 e. The largest absolute Gasteiger partial charge is 0.399 e. The van der Waals surface area contributed by atoms with E-state index in [-0.39, 0.29) is 35.3 Å². The molecule has 10 aromatic carbocycles. The predicted molar refractivity (Wildman–Crippen MR) is 380 cm³/mol. The predicted octanol–water partition coefficient (Wildman–Crippen LogP) is 10.4. The van der Waals surface area contributed by atoms with Crippen LogP contribution in [0, 0.1) is 20.8 Å². The molecule has 0 aromatic heterocycles. The molecule has 10 rings (SSSR count). The minimum atomic E-state index is -0.559. The van der Waals surface area contributed by atoms with Gasteiger partial charge in [0.15, 0.2) is 28.9 Å². The molecule has 20 nitrogen and oxygen atoms in total. The van der Waals surface area contributed by atoms with E-state index in [0.29, 0.717) is 107 Å². The molecular formula is C76H75N11O9. The van der Waals surface area contributed by atoms with Crippen LogP contribution in [0.25, 0.3) is 11.1 Å². The zero-order chi connectivity index (χ0) is 70.7. The van der Waals surface area contributed by atoms with Gasteiger partial charge in [-0.3, -0.25) is 43.2 Å². The van der Waals surface area contributed by atoms with Crippen molar-refractivity contribution in [1.82, 2.24) is 0 Å². The number of aryl methyl sites for hydroxylation is 3. The lowest BCUT2D eigenvalue weighted by molar-refractivity contribution is 0.0986.